The summed E-state index contributed by atoms with van der Waals surface area (Å²) in [6.45, 7) is 4.86. The average Bonchev–Trinajstić information content (AvgIpc) is 3.20. The van der Waals surface area contributed by atoms with Crippen molar-refractivity contribution in [1.82, 2.24) is 5.32 Å². The summed E-state index contributed by atoms with van der Waals surface area (Å²) in [6.07, 6.45) is 52.8. The molecule has 0 aromatic rings. The van der Waals surface area contributed by atoms with Gasteiger partial charge in [0.1, 0.15) is 0 Å². The molecule has 0 aliphatic carbocycles. The van der Waals surface area contributed by atoms with Crippen LogP contribution in [-0.2, 0) is 14.3 Å². The lowest BCUT2D eigenvalue weighted by atomic mass is 10.0. The fraction of sp³-hybridized carbons (Fsp3) is 0.880. The number of carbonyl (C=O) groups is 2. The first kappa shape index (κ1) is 54.3. The maximum Gasteiger partial charge on any atom is 0.305 e. The zero-order valence-corrected chi connectivity index (χ0v) is 37.4. The van der Waals surface area contributed by atoms with Gasteiger partial charge in [0.2, 0.25) is 5.91 Å². The van der Waals surface area contributed by atoms with E-state index in [0.29, 0.717) is 25.9 Å². The van der Waals surface area contributed by atoms with E-state index < -0.39 is 12.1 Å². The molecule has 1 amide bonds. The second-order valence-electron chi connectivity index (χ2n) is 16.8. The topological polar surface area (TPSA) is 95.9 Å². The normalized spacial score (nSPS) is 12.9. The number of carbonyl (C=O) groups excluding carboxylic acids is 2. The molecule has 0 saturated carbocycles. The highest BCUT2D eigenvalue weighted by atomic mass is 16.5. The van der Waals surface area contributed by atoms with E-state index in [1.165, 1.54) is 161 Å². The highest BCUT2D eigenvalue weighted by Gasteiger charge is 2.20. The van der Waals surface area contributed by atoms with E-state index in [4.69, 9.17) is 4.74 Å². The van der Waals surface area contributed by atoms with Crippen LogP contribution in [0, 0.1) is 0 Å². The summed E-state index contributed by atoms with van der Waals surface area (Å²) in [5.41, 5.74) is 0. The number of esters is 1. The first-order valence-electron chi connectivity index (χ1n) is 24.6. The summed E-state index contributed by atoms with van der Waals surface area (Å²) in [7, 11) is 0. The molecule has 6 nitrogen and oxygen atoms in total. The molecule has 0 fully saturated rings. The van der Waals surface area contributed by atoms with Gasteiger partial charge >= 0.3 is 5.97 Å². The summed E-state index contributed by atoms with van der Waals surface area (Å²) in [5, 5.41) is 23.1. The number of unbranched alkanes of at least 4 members (excludes halogenated alkanes) is 30. The highest BCUT2D eigenvalue weighted by Crippen LogP contribution is 2.16. The molecular weight excluding hydrogens is 695 g/mol. The molecule has 0 rings (SSSR count). The smallest absolute Gasteiger partial charge is 0.305 e. The maximum atomic E-state index is 12.4. The predicted molar refractivity (Wildman–Crippen MR) is 241 cm³/mol. The van der Waals surface area contributed by atoms with Gasteiger partial charge in [0.25, 0.3) is 0 Å². The molecule has 0 aromatic carbocycles. The van der Waals surface area contributed by atoms with Crippen LogP contribution in [0.25, 0.3) is 0 Å². The molecule has 56 heavy (non-hydrogen) atoms. The molecule has 2 atom stereocenters. The van der Waals surface area contributed by atoms with Crippen molar-refractivity contribution in [1.29, 1.82) is 0 Å². The van der Waals surface area contributed by atoms with Gasteiger partial charge in [-0.15, -0.1) is 0 Å². The molecule has 0 radical (unpaired) electrons. The quantitative estimate of drug-likeness (QED) is 0.0324. The first-order valence-corrected chi connectivity index (χ1v) is 24.6. The van der Waals surface area contributed by atoms with Crippen molar-refractivity contribution in [2.45, 2.75) is 270 Å². The Bertz CT molecular complexity index is 874. The van der Waals surface area contributed by atoms with Crippen LogP contribution in [0.5, 0.6) is 0 Å². The monoisotopic (exact) mass is 790 g/mol. The molecule has 0 spiro atoms. The first-order chi connectivity index (χ1) is 27.5. The minimum absolute atomic E-state index is 0.0327. The third-order valence-electron chi connectivity index (χ3n) is 11.3. The van der Waals surface area contributed by atoms with Gasteiger partial charge in [0.05, 0.1) is 25.4 Å². The van der Waals surface area contributed by atoms with Crippen LogP contribution in [0.2, 0.25) is 0 Å². The number of amides is 1. The van der Waals surface area contributed by atoms with Crippen LogP contribution in [0.4, 0.5) is 0 Å². The van der Waals surface area contributed by atoms with E-state index in [-0.39, 0.29) is 18.5 Å². The fourth-order valence-electron chi connectivity index (χ4n) is 7.43. The van der Waals surface area contributed by atoms with Crippen molar-refractivity contribution < 1.29 is 24.5 Å². The number of rotatable bonds is 45. The largest absolute Gasteiger partial charge is 0.466 e. The van der Waals surface area contributed by atoms with Crippen LogP contribution in [0.15, 0.2) is 24.3 Å². The lowest BCUT2D eigenvalue weighted by Crippen LogP contribution is -2.45. The highest BCUT2D eigenvalue weighted by molar-refractivity contribution is 5.76. The zero-order chi connectivity index (χ0) is 40.8. The van der Waals surface area contributed by atoms with Gasteiger partial charge < -0.3 is 20.3 Å². The maximum absolute atomic E-state index is 12.4. The number of hydrogen-bond acceptors (Lipinski definition) is 5. The van der Waals surface area contributed by atoms with E-state index in [1.54, 1.807) is 0 Å². The third-order valence-corrected chi connectivity index (χ3v) is 11.3. The second-order valence-corrected chi connectivity index (χ2v) is 16.8. The van der Waals surface area contributed by atoms with E-state index in [9.17, 15) is 19.8 Å². The molecular formula is C50H95NO5. The minimum atomic E-state index is -0.681. The molecule has 0 bridgehead atoms. The fourth-order valence-corrected chi connectivity index (χ4v) is 7.43. The number of allylic oxidation sites excluding steroid dienone is 4. The predicted octanol–water partition coefficient (Wildman–Crippen LogP) is 14.3. The van der Waals surface area contributed by atoms with Gasteiger partial charge in [-0.1, -0.05) is 212 Å². The summed E-state index contributed by atoms with van der Waals surface area (Å²) < 4.78 is 5.45. The summed E-state index contributed by atoms with van der Waals surface area (Å²) >= 11 is 0. The lowest BCUT2D eigenvalue weighted by Gasteiger charge is -2.22. The van der Waals surface area contributed by atoms with Crippen molar-refractivity contribution >= 4 is 11.9 Å². The molecule has 6 heteroatoms. The van der Waals surface area contributed by atoms with Crippen molar-refractivity contribution in [3.63, 3.8) is 0 Å². The molecule has 0 aliphatic rings. The van der Waals surface area contributed by atoms with Crippen molar-refractivity contribution in [3.8, 4) is 0 Å². The lowest BCUT2D eigenvalue weighted by molar-refractivity contribution is -0.143. The van der Waals surface area contributed by atoms with Gasteiger partial charge in [-0.25, -0.2) is 0 Å². The standard InChI is InChI=1S/C50H95NO5/c1-3-5-7-9-11-13-15-17-18-19-20-21-22-24-28-32-36-40-44-50(55)56-45-41-37-33-29-25-27-31-35-39-43-49(54)51-47(46-52)48(53)42-38-34-30-26-23-16-14-12-10-8-6-4-2/h13,15,18-19,47-48,52-53H,3-12,14,16-17,20-46H2,1-2H3,(H,51,54)/b15-13-,19-18-. The molecule has 2 unspecified atom stereocenters. The van der Waals surface area contributed by atoms with E-state index in [0.717, 1.165) is 64.2 Å². The zero-order valence-electron chi connectivity index (χ0n) is 37.4. The third kappa shape index (κ3) is 42.0. The average molecular weight is 790 g/mol. The Hall–Kier alpha value is -1.66. The Morgan fingerprint density at radius 2 is 0.893 bits per heavy atom. The van der Waals surface area contributed by atoms with E-state index in [2.05, 4.69) is 43.5 Å². The number of aliphatic hydroxyl groups is 2. The van der Waals surface area contributed by atoms with Crippen LogP contribution >= 0.6 is 0 Å². The van der Waals surface area contributed by atoms with Crippen molar-refractivity contribution in [2.24, 2.45) is 0 Å². The molecule has 0 saturated heterocycles. The number of hydrogen-bond donors (Lipinski definition) is 3. The summed E-state index contributed by atoms with van der Waals surface area (Å²) in [5.74, 6) is -0.0969. The van der Waals surface area contributed by atoms with Gasteiger partial charge in [-0.3, -0.25) is 9.59 Å². The van der Waals surface area contributed by atoms with Gasteiger partial charge in [-0.2, -0.15) is 0 Å². The Balaban J connectivity index is 3.48. The number of aliphatic hydroxyl groups excluding tert-OH is 2. The summed E-state index contributed by atoms with van der Waals surface area (Å²) in [6, 6.07) is -0.561. The van der Waals surface area contributed by atoms with Crippen molar-refractivity contribution in [2.75, 3.05) is 13.2 Å². The van der Waals surface area contributed by atoms with Gasteiger partial charge in [0.15, 0.2) is 0 Å². The van der Waals surface area contributed by atoms with Crippen LogP contribution in [0.1, 0.15) is 258 Å². The van der Waals surface area contributed by atoms with Gasteiger partial charge in [-0.05, 0) is 57.8 Å². The van der Waals surface area contributed by atoms with Crippen LogP contribution < -0.4 is 5.32 Å². The minimum Gasteiger partial charge on any atom is -0.466 e. The van der Waals surface area contributed by atoms with Crippen LogP contribution in [-0.4, -0.2) is 47.4 Å². The summed E-state index contributed by atoms with van der Waals surface area (Å²) in [4.78, 5) is 24.5. The molecule has 0 heterocycles. The second kappa shape index (κ2) is 46.0. The number of ether oxygens (including phenoxy) is 1. The molecule has 0 aliphatic heterocycles. The number of nitrogens with one attached hydrogen (secondary N) is 1. The Morgan fingerprint density at radius 1 is 0.500 bits per heavy atom. The molecule has 0 aromatic heterocycles. The Kier molecular flexibility index (Phi) is 44.7. The Morgan fingerprint density at radius 3 is 1.38 bits per heavy atom. The van der Waals surface area contributed by atoms with E-state index in [1.807, 2.05) is 0 Å². The van der Waals surface area contributed by atoms with Crippen molar-refractivity contribution in [3.05, 3.63) is 24.3 Å². The van der Waals surface area contributed by atoms with E-state index >= 15 is 0 Å². The Labute approximate surface area is 348 Å². The van der Waals surface area contributed by atoms with Crippen LogP contribution in [0.3, 0.4) is 0 Å². The molecule has 3 N–H and O–H groups in total. The SMILES string of the molecule is CCCCCC/C=C\C/C=C\CCCCCCCCCC(=O)OCCCCCCCCCCCC(=O)NC(CO)C(O)CCCCCCCCCCCCCC. The van der Waals surface area contributed by atoms with Gasteiger partial charge in [0, 0.05) is 12.8 Å². The molecule has 330 valence electrons.